The first-order valence-electron chi connectivity index (χ1n) is 7.56. The number of rotatable bonds is 2. The minimum Gasteiger partial charge on any atom is -0.230 e. The maximum Gasteiger partial charge on any atom is 0.130 e. The van der Waals surface area contributed by atoms with Gasteiger partial charge in [-0.1, -0.05) is 52.7 Å². The van der Waals surface area contributed by atoms with Crippen LogP contribution in [0.25, 0.3) is 0 Å². The van der Waals surface area contributed by atoms with Gasteiger partial charge >= 0.3 is 0 Å². The van der Waals surface area contributed by atoms with Crippen molar-refractivity contribution < 1.29 is 9.78 Å². The van der Waals surface area contributed by atoms with Crippen molar-refractivity contribution in [3.8, 4) is 0 Å². The molecular weight excluding hydrogens is 248 g/mol. The minimum absolute atomic E-state index is 0.0913. The first-order chi connectivity index (χ1) is 8.79. The van der Waals surface area contributed by atoms with Crippen LogP contribution in [0.1, 0.15) is 68.7 Å². The predicted octanol–water partition coefficient (Wildman–Crippen LogP) is 5.45. The van der Waals surface area contributed by atoms with Crippen LogP contribution in [0.15, 0.2) is 23.3 Å². The van der Waals surface area contributed by atoms with Crippen LogP contribution in [0, 0.1) is 10.8 Å². The van der Waals surface area contributed by atoms with Gasteiger partial charge in [0.1, 0.15) is 6.10 Å². The molecule has 0 fully saturated rings. The molecule has 0 radical (unpaired) electrons. The predicted molar refractivity (Wildman–Crippen MR) is 85.4 cm³/mol. The molecule has 0 aromatic carbocycles. The van der Waals surface area contributed by atoms with E-state index in [2.05, 4.69) is 53.7 Å². The summed E-state index contributed by atoms with van der Waals surface area (Å²) < 4.78 is 0. The summed E-state index contributed by atoms with van der Waals surface area (Å²) in [6.45, 7) is 19.5. The van der Waals surface area contributed by atoms with Gasteiger partial charge in [-0.05, 0) is 50.2 Å². The highest BCUT2D eigenvalue weighted by Crippen LogP contribution is 2.40. The van der Waals surface area contributed by atoms with Gasteiger partial charge in [0.15, 0.2) is 0 Å². The van der Waals surface area contributed by atoms with E-state index in [0.717, 1.165) is 6.42 Å². The van der Waals surface area contributed by atoms with Crippen molar-refractivity contribution in [3.05, 3.63) is 23.3 Å². The lowest BCUT2D eigenvalue weighted by Crippen LogP contribution is -2.27. The highest BCUT2D eigenvalue weighted by molar-refractivity contribution is 5.32. The van der Waals surface area contributed by atoms with Gasteiger partial charge in [-0.25, -0.2) is 9.78 Å². The first-order valence-corrected chi connectivity index (χ1v) is 7.56. The van der Waals surface area contributed by atoms with Crippen molar-refractivity contribution in [2.75, 3.05) is 0 Å². The third-order valence-electron chi connectivity index (χ3n) is 3.45. The van der Waals surface area contributed by atoms with Gasteiger partial charge in [0.2, 0.25) is 0 Å². The largest absolute Gasteiger partial charge is 0.230 e. The van der Waals surface area contributed by atoms with E-state index in [1.165, 1.54) is 11.1 Å². The number of hydrogen-bond acceptors (Lipinski definition) is 2. The lowest BCUT2D eigenvalue weighted by Gasteiger charge is -2.34. The molecule has 0 saturated heterocycles. The zero-order chi connectivity index (χ0) is 15.8. The average Bonchev–Trinajstić information content (AvgIpc) is 2.22. The van der Waals surface area contributed by atoms with E-state index in [9.17, 15) is 0 Å². The van der Waals surface area contributed by atoms with Crippen molar-refractivity contribution >= 4 is 0 Å². The molecule has 116 valence electrons. The zero-order valence-corrected chi connectivity index (χ0v) is 14.8. The first kappa shape index (κ1) is 17.5. The molecule has 0 N–H and O–H groups in total. The Bertz CT molecular complexity index is 365. The molecular formula is C18H32O2. The van der Waals surface area contributed by atoms with E-state index < -0.39 is 0 Å². The minimum atomic E-state index is -0.289. The van der Waals surface area contributed by atoms with Crippen LogP contribution < -0.4 is 0 Å². The van der Waals surface area contributed by atoms with E-state index in [4.69, 9.17) is 9.78 Å². The maximum atomic E-state index is 5.65. The summed E-state index contributed by atoms with van der Waals surface area (Å²) in [5, 5.41) is 0. The molecule has 1 aliphatic carbocycles. The molecule has 0 heterocycles. The lowest BCUT2D eigenvalue weighted by atomic mass is 9.73. The van der Waals surface area contributed by atoms with Gasteiger partial charge in [0, 0.05) is 0 Å². The Morgan fingerprint density at radius 1 is 0.800 bits per heavy atom. The molecule has 1 aliphatic rings. The van der Waals surface area contributed by atoms with Crippen LogP contribution in [0.4, 0.5) is 0 Å². The molecule has 2 heteroatoms. The molecule has 0 aromatic heterocycles. The summed E-state index contributed by atoms with van der Waals surface area (Å²) in [5.41, 5.74) is 2.88. The summed E-state index contributed by atoms with van der Waals surface area (Å²) in [5.74, 6) is 0. The van der Waals surface area contributed by atoms with Gasteiger partial charge < -0.3 is 0 Å². The summed E-state index contributed by atoms with van der Waals surface area (Å²) in [6.07, 6.45) is 5.36. The Kier molecular flexibility index (Phi) is 4.93. The van der Waals surface area contributed by atoms with Crippen molar-refractivity contribution in [3.63, 3.8) is 0 Å². The third-order valence-corrected chi connectivity index (χ3v) is 3.45. The van der Waals surface area contributed by atoms with Crippen LogP contribution in [-0.2, 0) is 9.78 Å². The van der Waals surface area contributed by atoms with Gasteiger partial charge in [-0.15, -0.1) is 0 Å². The van der Waals surface area contributed by atoms with Crippen LogP contribution in [0.5, 0.6) is 0 Å². The van der Waals surface area contributed by atoms with Crippen LogP contribution in [0.2, 0.25) is 0 Å². The van der Waals surface area contributed by atoms with Crippen molar-refractivity contribution in [1.82, 2.24) is 0 Å². The smallest absolute Gasteiger partial charge is 0.130 e. The molecule has 0 aliphatic heterocycles. The van der Waals surface area contributed by atoms with Gasteiger partial charge in [0.25, 0.3) is 0 Å². The van der Waals surface area contributed by atoms with Crippen LogP contribution in [-0.4, -0.2) is 11.7 Å². The van der Waals surface area contributed by atoms with E-state index in [1.54, 1.807) is 0 Å². The van der Waals surface area contributed by atoms with Crippen LogP contribution in [0.3, 0.4) is 0 Å². The fraction of sp³-hybridized carbons (Fsp3) is 0.778. The number of allylic oxidation sites excluding steroid dienone is 2. The summed E-state index contributed by atoms with van der Waals surface area (Å²) in [4.78, 5) is 11.1. The molecule has 20 heavy (non-hydrogen) atoms. The highest BCUT2D eigenvalue weighted by Gasteiger charge is 2.29. The highest BCUT2D eigenvalue weighted by atomic mass is 17.2. The fourth-order valence-corrected chi connectivity index (χ4v) is 2.05. The van der Waals surface area contributed by atoms with Crippen molar-refractivity contribution in [2.24, 2.45) is 10.8 Å². The second-order valence-electron chi connectivity index (χ2n) is 8.82. The van der Waals surface area contributed by atoms with Gasteiger partial charge in [-0.2, -0.15) is 0 Å². The fourth-order valence-electron chi connectivity index (χ4n) is 2.05. The monoisotopic (exact) mass is 280 g/mol. The SMILES string of the molecule is CC(C)(C)OOC1C=C(C(C)(C)C)CC(C(C)(C)C)=C1. The molecule has 0 spiro atoms. The summed E-state index contributed by atoms with van der Waals surface area (Å²) in [7, 11) is 0. The van der Waals surface area contributed by atoms with Crippen molar-refractivity contribution in [1.29, 1.82) is 0 Å². The molecule has 0 atom stereocenters. The van der Waals surface area contributed by atoms with Gasteiger partial charge in [-0.3, -0.25) is 0 Å². The molecule has 0 amide bonds. The molecule has 0 bridgehead atoms. The Labute approximate surface area is 125 Å². The molecule has 2 nitrogen and oxygen atoms in total. The maximum absolute atomic E-state index is 5.65. The quantitative estimate of drug-likeness (QED) is 0.380. The van der Waals surface area contributed by atoms with Crippen LogP contribution >= 0.6 is 0 Å². The van der Waals surface area contributed by atoms with Crippen molar-refractivity contribution in [2.45, 2.75) is 80.4 Å². The number of hydrogen-bond donors (Lipinski definition) is 0. The lowest BCUT2D eigenvalue weighted by molar-refractivity contribution is -0.357. The molecule has 0 unspecified atom stereocenters. The topological polar surface area (TPSA) is 18.5 Å². The Balaban J connectivity index is 2.96. The summed E-state index contributed by atoms with van der Waals surface area (Å²) in [6, 6.07) is 0. The van der Waals surface area contributed by atoms with Gasteiger partial charge in [0.05, 0.1) is 5.60 Å². The Morgan fingerprint density at radius 3 is 1.50 bits per heavy atom. The van der Waals surface area contributed by atoms with E-state index in [0.29, 0.717) is 0 Å². The van der Waals surface area contributed by atoms with E-state index >= 15 is 0 Å². The third kappa shape index (κ3) is 5.41. The normalized spacial score (nSPS) is 18.9. The Hall–Kier alpha value is -0.600. The molecule has 0 saturated carbocycles. The molecule has 1 rings (SSSR count). The molecule has 0 aromatic rings. The zero-order valence-electron chi connectivity index (χ0n) is 14.8. The second kappa shape index (κ2) is 5.65. The standard InChI is InChI=1S/C18H32O2/c1-16(2,3)13-10-14(17(4,5)6)12-15(11-13)19-20-18(7,8)9/h11-12,15H,10H2,1-9H3. The second-order valence-corrected chi connectivity index (χ2v) is 8.82. The Morgan fingerprint density at radius 2 is 1.20 bits per heavy atom. The summed E-state index contributed by atoms with van der Waals surface area (Å²) >= 11 is 0. The average molecular weight is 280 g/mol. The van der Waals surface area contributed by atoms with E-state index in [-0.39, 0.29) is 22.5 Å². The van der Waals surface area contributed by atoms with E-state index in [1.807, 2.05) is 20.8 Å².